The van der Waals surface area contributed by atoms with Crippen LogP contribution in [0.2, 0.25) is 5.02 Å². The third kappa shape index (κ3) is 4.22. The van der Waals surface area contributed by atoms with E-state index in [2.05, 4.69) is 17.0 Å². The summed E-state index contributed by atoms with van der Waals surface area (Å²) in [6.45, 7) is 3.89. The molecule has 0 radical (unpaired) electrons. The predicted molar refractivity (Wildman–Crippen MR) is 117 cm³/mol. The van der Waals surface area contributed by atoms with Crippen LogP contribution >= 0.6 is 11.6 Å². The number of benzene rings is 2. The number of rotatable bonds is 7. The maximum absolute atomic E-state index is 13.2. The van der Waals surface area contributed by atoms with Crippen LogP contribution in [0.5, 0.6) is 11.5 Å². The molecule has 0 bridgehead atoms. The van der Waals surface area contributed by atoms with Crippen LogP contribution in [-0.4, -0.2) is 29.7 Å². The Kier molecular flexibility index (Phi) is 6.44. The van der Waals surface area contributed by atoms with Crippen LogP contribution in [0.25, 0.3) is 5.69 Å². The second kappa shape index (κ2) is 9.01. The van der Waals surface area contributed by atoms with Gasteiger partial charge in [-0.05, 0) is 25.5 Å². The van der Waals surface area contributed by atoms with Crippen molar-refractivity contribution in [3.05, 3.63) is 69.1 Å². The lowest BCUT2D eigenvalue weighted by atomic mass is 10.1. The topological polar surface area (TPSA) is 68.6 Å². The van der Waals surface area contributed by atoms with E-state index in [9.17, 15) is 4.79 Å². The third-order valence-electron chi connectivity index (χ3n) is 4.58. The molecule has 1 heterocycles. The number of aliphatic imine (C=N–C) groups is 1. The van der Waals surface area contributed by atoms with Gasteiger partial charge < -0.3 is 9.47 Å². The van der Waals surface area contributed by atoms with Gasteiger partial charge in [-0.3, -0.25) is 9.89 Å². The summed E-state index contributed by atoms with van der Waals surface area (Å²) >= 11 is 6.18. The van der Waals surface area contributed by atoms with Crippen molar-refractivity contribution in [3.8, 4) is 17.2 Å². The Morgan fingerprint density at radius 1 is 1.14 bits per heavy atom. The second-order valence-corrected chi connectivity index (χ2v) is 6.95. The molecule has 0 amide bonds. The Bertz CT molecular complexity index is 1080. The number of para-hydroxylation sites is 1. The summed E-state index contributed by atoms with van der Waals surface area (Å²) in [5, 5.41) is 3.67. The number of H-pyrrole nitrogens is 1. The summed E-state index contributed by atoms with van der Waals surface area (Å²) in [5.41, 5.74) is 3.18. The quantitative estimate of drug-likeness (QED) is 0.558. The summed E-state index contributed by atoms with van der Waals surface area (Å²) in [5.74, 6) is 0.995. The summed E-state index contributed by atoms with van der Waals surface area (Å²) in [6.07, 6.45) is 1.63. The van der Waals surface area contributed by atoms with Gasteiger partial charge >= 0.3 is 0 Å². The Morgan fingerprint density at radius 2 is 1.83 bits per heavy atom. The molecule has 2 aromatic carbocycles. The highest BCUT2D eigenvalue weighted by Crippen LogP contribution is 2.38. The molecule has 152 valence electrons. The number of methoxy groups -OCH3 is 2. The number of hydrogen-bond acceptors (Lipinski definition) is 4. The lowest BCUT2D eigenvalue weighted by molar-refractivity contribution is 0.404. The van der Waals surface area contributed by atoms with E-state index in [4.69, 9.17) is 21.1 Å². The van der Waals surface area contributed by atoms with Gasteiger partial charge in [0.15, 0.2) is 0 Å². The van der Waals surface area contributed by atoms with Crippen LogP contribution in [0.3, 0.4) is 0 Å². The first-order chi connectivity index (χ1) is 14.0. The third-order valence-corrected chi connectivity index (χ3v) is 4.88. The zero-order valence-electron chi connectivity index (χ0n) is 17.0. The van der Waals surface area contributed by atoms with E-state index in [1.54, 1.807) is 23.9 Å². The van der Waals surface area contributed by atoms with Gasteiger partial charge in [0.1, 0.15) is 17.2 Å². The first-order valence-corrected chi connectivity index (χ1v) is 9.74. The maximum atomic E-state index is 13.2. The van der Waals surface area contributed by atoms with Crippen molar-refractivity contribution in [1.82, 2.24) is 9.78 Å². The number of aromatic nitrogens is 2. The highest BCUT2D eigenvalue weighted by atomic mass is 35.5. The van der Waals surface area contributed by atoms with Crippen molar-refractivity contribution in [1.29, 1.82) is 0 Å². The number of halogens is 1. The Labute approximate surface area is 174 Å². The fourth-order valence-corrected chi connectivity index (χ4v) is 3.44. The minimum atomic E-state index is -0.138. The van der Waals surface area contributed by atoms with E-state index < -0.39 is 0 Å². The molecule has 3 rings (SSSR count). The normalized spacial score (nSPS) is 11.6. The zero-order chi connectivity index (χ0) is 21.0. The molecule has 0 aliphatic rings. The molecule has 0 saturated heterocycles. The molecule has 0 aliphatic carbocycles. The monoisotopic (exact) mass is 413 g/mol. The SMILES string of the molecule is CCCc1[nH]n(-c2ccccc2)c(=O)c1C(C)=Nc1cc(OC)c(Cl)cc1OC. The molecule has 0 unspecified atom stereocenters. The average Bonchev–Trinajstić information content (AvgIpc) is 3.05. The standard InChI is InChI=1S/C22H24ClN3O3/c1-5-9-17-21(22(27)26(25-17)15-10-7-6-8-11-15)14(2)24-18-13-19(28-3)16(23)12-20(18)29-4/h6-8,10-13,25H,5,9H2,1-4H3. The number of nitrogens with zero attached hydrogens (tertiary/aromatic N) is 2. The Hall–Kier alpha value is -2.99. The molecule has 3 aromatic rings. The molecule has 29 heavy (non-hydrogen) atoms. The predicted octanol–water partition coefficient (Wildman–Crippen LogP) is 4.93. The van der Waals surface area contributed by atoms with Crippen molar-refractivity contribution in [2.24, 2.45) is 4.99 Å². The number of hydrogen-bond donors (Lipinski definition) is 1. The maximum Gasteiger partial charge on any atom is 0.280 e. The summed E-state index contributed by atoms with van der Waals surface area (Å²) in [7, 11) is 3.09. The number of aryl methyl sites for hydroxylation is 1. The number of aromatic amines is 1. The van der Waals surface area contributed by atoms with E-state index in [0.717, 1.165) is 24.2 Å². The average molecular weight is 414 g/mol. The molecule has 6 nitrogen and oxygen atoms in total. The van der Waals surface area contributed by atoms with Crippen molar-refractivity contribution in [2.45, 2.75) is 26.7 Å². The van der Waals surface area contributed by atoms with E-state index in [0.29, 0.717) is 33.5 Å². The van der Waals surface area contributed by atoms with E-state index in [1.807, 2.05) is 37.3 Å². The molecular formula is C22H24ClN3O3. The van der Waals surface area contributed by atoms with Gasteiger partial charge in [-0.15, -0.1) is 0 Å². The van der Waals surface area contributed by atoms with Gasteiger partial charge in [0.2, 0.25) is 0 Å². The van der Waals surface area contributed by atoms with Crippen LogP contribution < -0.4 is 15.0 Å². The lowest BCUT2D eigenvalue weighted by Crippen LogP contribution is -2.19. The molecule has 0 aliphatic heterocycles. The highest BCUT2D eigenvalue weighted by Gasteiger charge is 2.18. The van der Waals surface area contributed by atoms with Gasteiger partial charge in [0.25, 0.3) is 5.56 Å². The van der Waals surface area contributed by atoms with Crippen molar-refractivity contribution in [3.63, 3.8) is 0 Å². The van der Waals surface area contributed by atoms with Crippen LogP contribution in [0, 0.1) is 0 Å². The van der Waals surface area contributed by atoms with Crippen LogP contribution in [0.15, 0.2) is 52.3 Å². The molecule has 0 saturated carbocycles. The summed E-state index contributed by atoms with van der Waals surface area (Å²) < 4.78 is 12.3. The molecule has 1 aromatic heterocycles. The van der Waals surface area contributed by atoms with Crippen LogP contribution in [0.4, 0.5) is 5.69 Å². The fourth-order valence-electron chi connectivity index (χ4n) is 3.21. The number of ether oxygens (including phenoxy) is 2. The Balaban J connectivity index is 2.15. The first-order valence-electron chi connectivity index (χ1n) is 9.36. The van der Waals surface area contributed by atoms with E-state index >= 15 is 0 Å². The van der Waals surface area contributed by atoms with Gasteiger partial charge in [-0.1, -0.05) is 43.1 Å². The first kappa shape index (κ1) is 20.7. The van der Waals surface area contributed by atoms with E-state index in [1.165, 1.54) is 7.11 Å². The lowest BCUT2D eigenvalue weighted by Gasteiger charge is -2.10. The minimum Gasteiger partial charge on any atom is -0.495 e. The molecule has 0 spiro atoms. The Morgan fingerprint density at radius 3 is 2.45 bits per heavy atom. The fraction of sp³-hybridized carbons (Fsp3) is 0.273. The molecule has 1 N–H and O–H groups in total. The van der Waals surface area contributed by atoms with Crippen LogP contribution in [0.1, 0.15) is 31.5 Å². The molecular weight excluding hydrogens is 390 g/mol. The van der Waals surface area contributed by atoms with E-state index in [-0.39, 0.29) is 5.56 Å². The zero-order valence-corrected chi connectivity index (χ0v) is 17.7. The van der Waals surface area contributed by atoms with Gasteiger partial charge in [-0.25, -0.2) is 9.67 Å². The second-order valence-electron chi connectivity index (χ2n) is 6.55. The molecule has 7 heteroatoms. The summed E-state index contributed by atoms with van der Waals surface area (Å²) in [6, 6.07) is 12.8. The van der Waals surface area contributed by atoms with Crippen molar-refractivity contribution < 1.29 is 9.47 Å². The van der Waals surface area contributed by atoms with Gasteiger partial charge in [0.05, 0.1) is 36.2 Å². The molecule has 0 fully saturated rings. The largest absolute Gasteiger partial charge is 0.495 e. The smallest absolute Gasteiger partial charge is 0.280 e. The van der Waals surface area contributed by atoms with Gasteiger partial charge in [-0.2, -0.15) is 0 Å². The van der Waals surface area contributed by atoms with Crippen LogP contribution in [-0.2, 0) is 6.42 Å². The van der Waals surface area contributed by atoms with Crippen molar-refractivity contribution >= 4 is 23.0 Å². The van der Waals surface area contributed by atoms with Crippen molar-refractivity contribution in [2.75, 3.05) is 14.2 Å². The highest BCUT2D eigenvalue weighted by molar-refractivity contribution is 6.32. The van der Waals surface area contributed by atoms with Gasteiger partial charge in [0, 0.05) is 17.8 Å². The minimum absolute atomic E-state index is 0.138. The molecule has 0 atom stereocenters. The number of nitrogens with one attached hydrogen (secondary N) is 1. The summed E-state index contributed by atoms with van der Waals surface area (Å²) in [4.78, 5) is 17.9.